The van der Waals surface area contributed by atoms with E-state index in [4.69, 9.17) is 18.7 Å². The smallest absolute Gasteiger partial charge is 0.416 e. The summed E-state index contributed by atoms with van der Waals surface area (Å²) in [5, 5.41) is 3.90. The molecule has 9 heteroatoms. The molecule has 1 amide bonds. The number of aromatic nitrogens is 1. The Morgan fingerprint density at radius 2 is 2.08 bits per heavy atom. The lowest BCUT2D eigenvalue weighted by atomic mass is 10.1. The van der Waals surface area contributed by atoms with Gasteiger partial charge in [-0.1, -0.05) is 11.2 Å². The number of nitrogens with zero attached hydrogens (tertiary/aromatic N) is 2. The lowest BCUT2D eigenvalue weighted by Gasteiger charge is -2.17. The van der Waals surface area contributed by atoms with Gasteiger partial charge >= 0.3 is 6.09 Å². The molecule has 0 radical (unpaired) electrons. The van der Waals surface area contributed by atoms with Crippen molar-refractivity contribution in [3.8, 4) is 0 Å². The van der Waals surface area contributed by atoms with Crippen molar-refractivity contribution < 1.29 is 32.3 Å². The SMILES string of the molecule is C=CCC1COC(=O)N1c1noc2c(F)c(F)c(C3OCCO3)cc12. The Bertz CT molecular complexity index is 847. The Balaban J connectivity index is 1.85. The summed E-state index contributed by atoms with van der Waals surface area (Å²) in [6.07, 6.45) is 0.428. The van der Waals surface area contributed by atoms with E-state index in [2.05, 4.69) is 11.7 Å². The summed E-state index contributed by atoms with van der Waals surface area (Å²) in [5.74, 6) is -2.28. The van der Waals surface area contributed by atoms with E-state index in [1.54, 1.807) is 6.08 Å². The lowest BCUT2D eigenvalue weighted by molar-refractivity contribution is -0.0467. The molecule has 1 unspecified atom stereocenters. The molecular formula is C16H14F2N2O5. The van der Waals surface area contributed by atoms with Gasteiger partial charge in [0.05, 0.1) is 24.6 Å². The van der Waals surface area contributed by atoms with Gasteiger partial charge in [0.25, 0.3) is 0 Å². The number of anilines is 1. The van der Waals surface area contributed by atoms with Crippen molar-refractivity contribution >= 4 is 22.9 Å². The van der Waals surface area contributed by atoms with Crippen molar-refractivity contribution in [3.63, 3.8) is 0 Å². The predicted molar refractivity (Wildman–Crippen MR) is 81.0 cm³/mol. The number of carbonyl (C=O) groups is 1. The molecule has 1 aromatic carbocycles. The van der Waals surface area contributed by atoms with Crippen molar-refractivity contribution in [1.29, 1.82) is 0 Å². The number of ether oxygens (including phenoxy) is 3. The lowest BCUT2D eigenvalue weighted by Crippen LogP contribution is -2.33. The van der Waals surface area contributed by atoms with E-state index in [-0.39, 0.29) is 48.2 Å². The third-order valence-corrected chi connectivity index (χ3v) is 4.16. The van der Waals surface area contributed by atoms with E-state index >= 15 is 0 Å². The van der Waals surface area contributed by atoms with Gasteiger partial charge < -0.3 is 18.7 Å². The summed E-state index contributed by atoms with van der Waals surface area (Å²) in [6.45, 7) is 4.34. The Morgan fingerprint density at radius 3 is 2.80 bits per heavy atom. The quantitative estimate of drug-likeness (QED) is 0.788. The topological polar surface area (TPSA) is 74.0 Å². The molecule has 2 saturated heterocycles. The van der Waals surface area contributed by atoms with Crippen LogP contribution in [-0.4, -0.2) is 37.1 Å². The molecule has 2 aromatic rings. The first kappa shape index (κ1) is 16.0. The molecule has 25 heavy (non-hydrogen) atoms. The van der Waals surface area contributed by atoms with E-state index in [1.807, 2.05) is 0 Å². The second-order valence-electron chi connectivity index (χ2n) is 5.68. The molecule has 1 atom stereocenters. The maximum absolute atomic E-state index is 14.4. The maximum Gasteiger partial charge on any atom is 0.416 e. The fraction of sp³-hybridized carbons (Fsp3) is 0.375. The molecule has 1 aromatic heterocycles. The minimum Gasteiger partial charge on any atom is -0.447 e. The summed E-state index contributed by atoms with van der Waals surface area (Å²) >= 11 is 0. The minimum atomic E-state index is -1.21. The summed E-state index contributed by atoms with van der Waals surface area (Å²) in [5.41, 5.74) is -0.494. The van der Waals surface area contributed by atoms with E-state index in [9.17, 15) is 13.6 Å². The van der Waals surface area contributed by atoms with Crippen LogP contribution in [0.5, 0.6) is 0 Å². The van der Waals surface area contributed by atoms with Crippen LogP contribution in [0.3, 0.4) is 0 Å². The Labute approximate surface area is 140 Å². The fourth-order valence-corrected chi connectivity index (χ4v) is 2.99. The second-order valence-corrected chi connectivity index (χ2v) is 5.68. The van der Waals surface area contributed by atoms with Gasteiger partial charge in [-0.15, -0.1) is 6.58 Å². The van der Waals surface area contributed by atoms with Crippen LogP contribution in [0.25, 0.3) is 11.0 Å². The molecule has 0 spiro atoms. The van der Waals surface area contributed by atoms with E-state index in [0.717, 1.165) is 0 Å². The second kappa shape index (κ2) is 6.08. The van der Waals surface area contributed by atoms with E-state index < -0.39 is 24.0 Å². The van der Waals surface area contributed by atoms with Crippen LogP contribution < -0.4 is 4.90 Å². The number of benzene rings is 1. The first-order valence-corrected chi connectivity index (χ1v) is 7.69. The van der Waals surface area contributed by atoms with Gasteiger partial charge in [-0.25, -0.2) is 9.18 Å². The van der Waals surface area contributed by atoms with Crippen LogP contribution in [0.1, 0.15) is 18.3 Å². The first-order chi connectivity index (χ1) is 12.1. The average Bonchev–Trinajstić information content (AvgIpc) is 3.32. The van der Waals surface area contributed by atoms with Gasteiger partial charge in [-0.05, 0) is 12.5 Å². The van der Waals surface area contributed by atoms with Crippen molar-refractivity contribution in [2.45, 2.75) is 18.8 Å². The molecule has 0 bridgehead atoms. The number of hydrogen-bond acceptors (Lipinski definition) is 6. The molecule has 3 heterocycles. The van der Waals surface area contributed by atoms with Crippen molar-refractivity contribution in [3.05, 3.63) is 35.9 Å². The van der Waals surface area contributed by atoms with Crippen LogP contribution in [0.15, 0.2) is 23.2 Å². The van der Waals surface area contributed by atoms with Crippen LogP contribution in [0.4, 0.5) is 19.4 Å². The zero-order valence-corrected chi connectivity index (χ0v) is 13.0. The Kier molecular flexibility index (Phi) is 3.89. The largest absolute Gasteiger partial charge is 0.447 e. The van der Waals surface area contributed by atoms with Gasteiger partial charge in [-0.3, -0.25) is 4.90 Å². The number of carbonyl (C=O) groups excluding carboxylic acids is 1. The highest BCUT2D eigenvalue weighted by atomic mass is 19.2. The number of cyclic esters (lactones) is 1. The van der Waals surface area contributed by atoms with Crippen LogP contribution in [-0.2, 0) is 14.2 Å². The molecular weight excluding hydrogens is 338 g/mol. The highest BCUT2D eigenvalue weighted by Gasteiger charge is 2.38. The molecule has 0 N–H and O–H groups in total. The molecule has 2 aliphatic rings. The van der Waals surface area contributed by atoms with Gasteiger partial charge in [0.1, 0.15) is 6.61 Å². The summed E-state index contributed by atoms with van der Waals surface area (Å²) < 4.78 is 49.2. The van der Waals surface area contributed by atoms with Crippen molar-refractivity contribution in [1.82, 2.24) is 5.16 Å². The summed E-state index contributed by atoms with van der Waals surface area (Å²) in [6, 6.07) is 0.973. The highest BCUT2D eigenvalue weighted by molar-refractivity contribution is 5.99. The fourth-order valence-electron chi connectivity index (χ4n) is 2.99. The van der Waals surface area contributed by atoms with Gasteiger partial charge in [0.15, 0.2) is 17.9 Å². The number of hydrogen-bond donors (Lipinski definition) is 0. The highest BCUT2D eigenvalue weighted by Crippen LogP contribution is 2.37. The number of amides is 1. The maximum atomic E-state index is 14.4. The normalized spacial score (nSPS) is 21.3. The first-order valence-electron chi connectivity index (χ1n) is 7.69. The summed E-state index contributed by atoms with van der Waals surface area (Å²) in [7, 11) is 0. The van der Waals surface area contributed by atoms with Gasteiger partial charge in [0.2, 0.25) is 11.4 Å². The monoisotopic (exact) mass is 352 g/mol. The average molecular weight is 352 g/mol. The van der Waals surface area contributed by atoms with E-state index in [1.165, 1.54) is 11.0 Å². The van der Waals surface area contributed by atoms with Gasteiger partial charge in [-0.2, -0.15) is 4.39 Å². The number of rotatable bonds is 4. The van der Waals surface area contributed by atoms with Crippen LogP contribution in [0.2, 0.25) is 0 Å². The molecule has 132 valence electrons. The standard InChI is InChI=1S/C16H14F2N2O5/c1-2-3-8-7-24-16(21)20(8)14-10-6-9(15-22-4-5-23-15)11(17)12(18)13(10)25-19-14/h2,6,8,15H,1,3-5,7H2. The summed E-state index contributed by atoms with van der Waals surface area (Å²) in [4.78, 5) is 13.3. The minimum absolute atomic E-state index is 0.0579. The molecule has 7 nitrogen and oxygen atoms in total. The molecule has 0 saturated carbocycles. The number of fused-ring (bicyclic) bond motifs is 1. The molecule has 4 rings (SSSR count). The predicted octanol–water partition coefficient (Wildman–Crippen LogP) is 3.05. The third kappa shape index (κ3) is 2.47. The molecule has 0 aliphatic carbocycles. The van der Waals surface area contributed by atoms with E-state index in [0.29, 0.717) is 6.42 Å². The van der Waals surface area contributed by atoms with Gasteiger partial charge in [0, 0.05) is 5.56 Å². The zero-order valence-electron chi connectivity index (χ0n) is 13.0. The zero-order chi connectivity index (χ0) is 17.6. The van der Waals surface area contributed by atoms with Crippen LogP contribution in [0, 0.1) is 11.6 Å². The van der Waals surface area contributed by atoms with Crippen molar-refractivity contribution in [2.75, 3.05) is 24.7 Å². The Morgan fingerprint density at radius 1 is 1.32 bits per heavy atom. The number of halogens is 2. The molecule has 2 aliphatic heterocycles. The van der Waals surface area contributed by atoms with Crippen molar-refractivity contribution in [2.24, 2.45) is 0 Å². The molecule has 2 fully saturated rings. The third-order valence-electron chi connectivity index (χ3n) is 4.16. The van der Waals surface area contributed by atoms with Crippen LogP contribution >= 0.6 is 0 Å². The Hall–Kier alpha value is -2.52.